The van der Waals surface area contributed by atoms with Gasteiger partial charge in [0.2, 0.25) is 0 Å². The van der Waals surface area contributed by atoms with E-state index in [2.05, 4.69) is 15.9 Å². The van der Waals surface area contributed by atoms with E-state index < -0.39 is 10.4 Å². The van der Waals surface area contributed by atoms with Crippen molar-refractivity contribution in [3.05, 3.63) is 29.8 Å². The third-order valence-electron chi connectivity index (χ3n) is 2.18. The van der Waals surface area contributed by atoms with Gasteiger partial charge in [-0.05, 0) is 40.5 Å². The molecule has 1 unspecified atom stereocenters. The van der Waals surface area contributed by atoms with Crippen LogP contribution in [0.15, 0.2) is 24.3 Å². The number of benzene rings is 1. The second-order valence-electron chi connectivity index (χ2n) is 3.30. The topological polar surface area (TPSA) is 29.5 Å². The van der Waals surface area contributed by atoms with Crippen molar-refractivity contribution in [2.24, 2.45) is 0 Å². The van der Waals surface area contributed by atoms with Gasteiger partial charge in [0.25, 0.3) is 0 Å². The fraction of sp³-hybridized carbons (Fsp3) is 0.400. The monoisotopic (exact) mass is 280 g/mol. The molecule has 0 amide bonds. The lowest BCUT2D eigenvalue weighted by Gasteiger charge is -2.28. The predicted octanol–water partition coefficient (Wildman–Crippen LogP) is 2.89. The zero-order chi connectivity index (χ0) is 11.7. The van der Waals surface area contributed by atoms with Gasteiger partial charge < -0.3 is 9.84 Å². The number of rotatable bonds is 3. The maximum atomic E-state index is 13.0. The van der Waals surface area contributed by atoms with Crippen LogP contribution < -0.4 is 4.74 Å². The molecule has 84 valence electrons. The van der Waals surface area contributed by atoms with E-state index in [1.54, 1.807) is 12.1 Å². The molecule has 0 saturated heterocycles. The Morgan fingerprint density at radius 2 is 2.00 bits per heavy atom. The summed E-state index contributed by atoms with van der Waals surface area (Å²) >= 11 is 2.16. The first-order valence-corrected chi connectivity index (χ1v) is 5.02. The highest BCUT2D eigenvalue weighted by Crippen LogP contribution is 2.42. The van der Waals surface area contributed by atoms with Crippen molar-refractivity contribution in [1.82, 2.24) is 0 Å². The SMILES string of the molecule is COc1cccc(C(C)(O)C(F)(F)Br)c1. The Kier molecular flexibility index (Phi) is 3.35. The summed E-state index contributed by atoms with van der Waals surface area (Å²) in [4.78, 5) is -3.40. The van der Waals surface area contributed by atoms with Gasteiger partial charge in [0.1, 0.15) is 5.75 Å². The molecule has 0 fully saturated rings. The molecule has 0 bridgehead atoms. The molecule has 0 saturated carbocycles. The average Bonchev–Trinajstić information content (AvgIpc) is 2.16. The zero-order valence-electron chi connectivity index (χ0n) is 8.30. The van der Waals surface area contributed by atoms with E-state index in [0.717, 1.165) is 6.92 Å². The van der Waals surface area contributed by atoms with Crippen molar-refractivity contribution in [2.75, 3.05) is 7.11 Å². The van der Waals surface area contributed by atoms with E-state index in [1.807, 2.05) is 0 Å². The van der Waals surface area contributed by atoms with Crippen molar-refractivity contribution in [2.45, 2.75) is 17.4 Å². The van der Waals surface area contributed by atoms with Gasteiger partial charge in [-0.3, -0.25) is 0 Å². The Hall–Kier alpha value is -0.680. The molecule has 1 rings (SSSR count). The summed E-state index contributed by atoms with van der Waals surface area (Å²) in [6, 6.07) is 5.94. The maximum Gasteiger partial charge on any atom is 0.333 e. The van der Waals surface area contributed by atoms with Crippen molar-refractivity contribution in [3.63, 3.8) is 0 Å². The van der Waals surface area contributed by atoms with Crippen LogP contribution in [-0.4, -0.2) is 17.0 Å². The minimum absolute atomic E-state index is 0.0868. The molecule has 0 aliphatic heterocycles. The highest BCUT2D eigenvalue weighted by atomic mass is 79.9. The van der Waals surface area contributed by atoms with Gasteiger partial charge in [-0.2, -0.15) is 8.78 Å². The van der Waals surface area contributed by atoms with Gasteiger partial charge in [-0.25, -0.2) is 0 Å². The lowest BCUT2D eigenvalue weighted by molar-refractivity contribution is -0.109. The van der Waals surface area contributed by atoms with Crippen LogP contribution in [0.25, 0.3) is 0 Å². The number of alkyl halides is 3. The molecule has 0 spiro atoms. The fourth-order valence-corrected chi connectivity index (χ4v) is 1.32. The summed E-state index contributed by atoms with van der Waals surface area (Å²) in [7, 11) is 1.43. The van der Waals surface area contributed by atoms with Crippen LogP contribution >= 0.6 is 15.9 Å². The number of ether oxygens (including phenoxy) is 1. The second-order valence-corrected chi connectivity index (χ2v) is 4.30. The Labute approximate surface area is 95.0 Å². The number of hydrogen-bond acceptors (Lipinski definition) is 2. The number of methoxy groups -OCH3 is 1. The van der Waals surface area contributed by atoms with E-state index in [1.165, 1.54) is 19.2 Å². The highest BCUT2D eigenvalue weighted by molar-refractivity contribution is 9.10. The molecule has 0 aromatic heterocycles. The number of hydrogen-bond donors (Lipinski definition) is 1. The normalized spacial score (nSPS) is 15.9. The maximum absolute atomic E-state index is 13.0. The molecule has 15 heavy (non-hydrogen) atoms. The second kappa shape index (κ2) is 4.06. The first kappa shape index (κ1) is 12.4. The molecule has 2 nitrogen and oxygen atoms in total. The van der Waals surface area contributed by atoms with Gasteiger partial charge in [0, 0.05) is 0 Å². The molecular formula is C10H11BrF2O2. The number of halogens is 3. The highest BCUT2D eigenvalue weighted by Gasteiger charge is 2.48. The largest absolute Gasteiger partial charge is 0.497 e. The van der Waals surface area contributed by atoms with Gasteiger partial charge in [-0.1, -0.05) is 12.1 Å². The van der Waals surface area contributed by atoms with Crippen LogP contribution in [0.5, 0.6) is 5.75 Å². The first-order valence-electron chi connectivity index (χ1n) is 4.22. The Morgan fingerprint density at radius 1 is 1.40 bits per heavy atom. The Bertz CT molecular complexity index is 348. The molecule has 0 aliphatic rings. The molecular weight excluding hydrogens is 270 g/mol. The summed E-state index contributed by atoms with van der Waals surface area (Å²) in [6.45, 7) is 1.04. The fourth-order valence-electron chi connectivity index (χ4n) is 1.09. The summed E-state index contributed by atoms with van der Waals surface area (Å²) in [5.41, 5.74) is -2.19. The van der Waals surface area contributed by atoms with Crippen LogP contribution in [0, 0.1) is 0 Å². The third-order valence-corrected chi connectivity index (χ3v) is 2.96. The standard InChI is InChI=1S/C10H11BrF2O2/c1-9(14,10(11,12)13)7-4-3-5-8(6-7)15-2/h3-6,14H,1-2H3. The van der Waals surface area contributed by atoms with Crippen molar-refractivity contribution < 1.29 is 18.6 Å². The van der Waals surface area contributed by atoms with E-state index in [4.69, 9.17) is 4.74 Å². The molecule has 1 N–H and O–H groups in total. The van der Waals surface area contributed by atoms with Crippen molar-refractivity contribution in [1.29, 1.82) is 0 Å². The van der Waals surface area contributed by atoms with Gasteiger partial charge >= 0.3 is 4.83 Å². The summed E-state index contributed by atoms with van der Waals surface area (Å²) in [6.07, 6.45) is 0. The van der Waals surface area contributed by atoms with Gasteiger partial charge in [0.15, 0.2) is 5.60 Å². The Balaban J connectivity index is 3.15. The van der Waals surface area contributed by atoms with Gasteiger partial charge in [-0.15, -0.1) is 0 Å². The number of aliphatic hydroxyl groups is 1. The van der Waals surface area contributed by atoms with Crippen molar-refractivity contribution in [3.8, 4) is 5.75 Å². The smallest absolute Gasteiger partial charge is 0.333 e. The van der Waals surface area contributed by atoms with Crippen LogP contribution in [0.3, 0.4) is 0 Å². The van der Waals surface area contributed by atoms with E-state index >= 15 is 0 Å². The summed E-state index contributed by atoms with van der Waals surface area (Å²) in [5, 5.41) is 9.69. The van der Waals surface area contributed by atoms with Gasteiger partial charge in [0.05, 0.1) is 7.11 Å². The summed E-state index contributed by atoms with van der Waals surface area (Å²) in [5.74, 6) is 0.421. The first-order chi connectivity index (χ1) is 6.79. The molecule has 1 atom stereocenters. The average molecular weight is 281 g/mol. The lowest BCUT2D eigenvalue weighted by Crippen LogP contribution is -2.37. The molecule has 1 aromatic rings. The van der Waals surface area contributed by atoms with E-state index in [9.17, 15) is 13.9 Å². The van der Waals surface area contributed by atoms with Crippen molar-refractivity contribution >= 4 is 15.9 Å². The molecule has 0 radical (unpaired) electrons. The van der Waals surface area contributed by atoms with Crippen LogP contribution in [0.4, 0.5) is 8.78 Å². The predicted molar refractivity (Wildman–Crippen MR) is 56.4 cm³/mol. The quantitative estimate of drug-likeness (QED) is 0.863. The van der Waals surface area contributed by atoms with Crippen LogP contribution in [0.1, 0.15) is 12.5 Å². The molecule has 0 heterocycles. The molecule has 1 aromatic carbocycles. The summed E-state index contributed by atoms with van der Waals surface area (Å²) < 4.78 is 31.0. The van der Waals surface area contributed by atoms with Crippen LogP contribution in [-0.2, 0) is 5.60 Å². The van der Waals surface area contributed by atoms with E-state index in [0.29, 0.717) is 5.75 Å². The van der Waals surface area contributed by atoms with Crippen LogP contribution in [0.2, 0.25) is 0 Å². The lowest BCUT2D eigenvalue weighted by atomic mass is 9.96. The zero-order valence-corrected chi connectivity index (χ0v) is 9.88. The molecule has 5 heteroatoms. The molecule has 0 aliphatic carbocycles. The van der Waals surface area contributed by atoms with E-state index in [-0.39, 0.29) is 5.56 Å². The third kappa shape index (κ3) is 2.46. The Morgan fingerprint density at radius 3 is 2.47 bits per heavy atom. The minimum Gasteiger partial charge on any atom is -0.497 e. The minimum atomic E-state index is -3.40.